The Labute approximate surface area is 141 Å². The number of benzene rings is 1. The second-order valence-electron chi connectivity index (χ2n) is 5.43. The molecule has 1 N–H and O–H groups in total. The molecule has 1 aliphatic heterocycles. The van der Waals surface area contributed by atoms with Gasteiger partial charge in [0.1, 0.15) is 11.8 Å². The topological polar surface area (TPSA) is 59.9 Å². The van der Waals surface area contributed by atoms with E-state index in [0.29, 0.717) is 5.57 Å². The Kier molecular flexibility index (Phi) is 5.71. The van der Waals surface area contributed by atoms with Crippen LogP contribution in [0.25, 0.3) is 0 Å². The maximum absolute atomic E-state index is 12.5. The van der Waals surface area contributed by atoms with Crippen LogP contribution < -0.4 is 10.1 Å². The second-order valence-corrected chi connectivity index (χ2v) is 6.23. The molecule has 0 radical (unpaired) electrons. The lowest BCUT2D eigenvalue weighted by Crippen LogP contribution is -2.31. The molecule has 23 heavy (non-hydrogen) atoms. The van der Waals surface area contributed by atoms with E-state index in [4.69, 9.17) is 9.47 Å². The lowest BCUT2D eigenvalue weighted by molar-refractivity contribution is -0.143. The minimum Gasteiger partial charge on any atom is -0.497 e. The van der Waals surface area contributed by atoms with E-state index in [2.05, 4.69) is 10.3 Å². The van der Waals surface area contributed by atoms with Gasteiger partial charge in [0, 0.05) is 5.70 Å². The van der Waals surface area contributed by atoms with Crippen LogP contribution in [0.1, 0.15) is 32.4 Å². The molecule has 6 heteroatoms. The maximum Gasteiger partial charge on any atom is 0.338 e. The summed E-state index contributed by atoms with van der Waals surface area (Å²) in [6.07, 6.45) is 1.77. The average molecular weight is 334 g/mol. The van der Waals surface area contributed by atoms with Crippen molar-refractivity contribution in [2.24, 2.45) is 4.99 Å². The molecule has 1 aliphatic rings. The van der Waals surface area contributed by atoms with Crippen molar-refractivity contribution in [1.82, 2.24) is 5.32 Å². The van der Waals surface area contributed by atoms with Crippen molar-refractivity contribution in [2.45, 2.75) is 32.9 Å². The number of hydrogen-bond acceptors (Lipinski definition) is 6. The Hall–Kier alpha value is -1.95. The number of methoxy groups -OCH3 is 1. The summed E-state index contributed by atoms with van der Waals surface area (Å²) >= 11 is 1.51. The molecule has 0 saturated heterocycles. The maximum atomic E-state index is 12.5. The molecule has 1 heterocycles. The van der Waals surface area contributed by atoms with Crippen LogP contribution in [0.3, 0.4) is 0 Å². The van der Waals surface area contributed by atoms with Gasteiger partial charge < -0.3 is 14.8 Å². The van der Waals surface area contributed by atoms with Crippen LogP contribution in [0.4, 0.5) is 0 Å². The molecule has 0 aliphatic carbocycles. The molecule has 0 unspecified atom stereocenters. The van der Waals surface area contributed by atoms with Crippen LogP contribution in [0.2, 0.25) is 0 Å². The van der Waals surface area contributed by atoms with E-state index in [-0.39, 0.29) is 18.1 Å². The number of ether oxygens (including phenoxy) is 2. The summed E-state index contributed by atoms with van der Waals surface area (Å²) in [6, 6.07) is 7.20. The number of allylic oxidation sites excluding steroid dienone is 1. The quantitative estimate of drug-likeness (QED) is 0.856. The molecular weight excluding hydrogens is 312 g/mol. The van der Waals surface area contributed by atoms with E-state index in [9.17, 15) is 4.79 Å². The number of esters is 1. The summed E-state index contributed by atoms with van der Waals surface area (Å²) in [7, 11) is 1.62. The lowest BCUT2D eigenvalue weighted by Gasteiger charge is -2.26. The summed E-state index contributed by atoms with van der Waals surface area (Å²) in [4.78, 5) is 17.2. The second kappa shape index (κ2) is 7.55. The van der Waals surface area contributed by atoms with Crippen LogP contribution in [0, 0.1) is 0 Å². The number of hydrogen-bond donors (Lipinski definition) is 1. The van der Waals surface area contributed by atoms with Crippen molar-refractivity contribution in [2.75, 3.05) is 13.4 Å². The first kappa shape index (κ1) is 17.4. The fourth-order valence-electron chi connectivity index (χ4n) is 2.32. The number of thioether (sulfide) groups is 1. The van der Waals surface area contributed by atoms with Crippen LogP contribution in [0.5, 0.6) is 5.75 Å². The van der Waals surface area contributed by atoms with Crippen molar-refractivity contribution in [3.05, 3.63) is 41.1 Å². The Balaban J connectivity index is 2.41. The largest absolute Gasteiger partial charge is 0.497 e. The number of carbonyl (C=O) groups excluding carboxylic acids is 1. The first-order valence-electron chi connectivity index (χ1n) is 7.40. The van der Waals surface area contributed by atoms with E-state index < -0.39 is 0 Å². The highest BCUT2D eigenvalue weighted by Crippen LogP contribution is 2.33. The molecule has 0 fully saturated rings. The molecule has 1 aromatic carbocycles. The van der Waals surface area contributed by atoms with Crippen molar-refractivity contribution in [1.29, 1.82) is 0 Å². The van der Waals surface area contributed by atoms with Gasteiger partial charge >= 0.3 is 5.97 Å². The molecular formula is C17H22N2O3S. The van der Waals surface area contributed by atoms with Crippen LogP contribution >= 0.6 is 11.8 Å². The number of nitrogens with zero attached hydrogens (tertiary/aromatic N) is 1. The average Bonchev–Trinajstić information content (AvgIpc) is 2.53. The van der Waals surface area contributed by atoms with Crippen molar-refractivity contribution in [3.63, 3.8) is 0 Å². The highest BCUT2D eigenvalue weighted by molar-refractivity contribution is 8.13. The van der Waals surface area contributed by atoms with Crippen molar-refractivity contribution >= 4 is 22.9 Å². The number of rotatable bonds is 4. The summed E-state index contributed by atoms with van der Waals surface area (Å²) in [6.45, 7) is 5.55. The predicted octanol–water partition coefficient (Wildman–Crippen LogP) is 3.28. The van der Waals surface area contributed by atoms with Gasteiger partial charge in [0.2, 0.25) is 0 Å². The minimum absolute atomic E-state index is 0.176. The van der Waals surface area contributed by atoms with Crippen LogP contribution in [-0.2, 0) is 9.53 Å². The van der Waals surface area contributed by atoms with E-state index in [1.165, 1.54) is 11.8 Å². The third kappa shape index (κ3) is 4.07. The smallest absolute Gasteiger partial charge is 0.338 e. The Bertz CT molecular complexity index is 636. The van der Waals surface area contributed by atoms with Gasteiger partial charge in [0.15, 0.2) is 5.17 Å². The van der Waals surface area contributed by atoms with E-state index in [1.807, 2.05) is 51.3 Å². The van der Waals surface area contributed by atoms with Crippen LogP contribution in [0.15, 0.2) is 40.5 Å². The van der Waals surface area contributed by atoms with E-state index in [1.54, 1.807) is 7.11 Å². The zero-order valence-corrected chi connectivity index (χ0v) is 14.9. The number of amidine groups is 1. The Morgan fingerprint density at radius 3 is 2.48 bits per heavy atom. The summed E-state index contributed by atoms with van der Waals surface area (Å²) in [5, 5.41) is 3.94. The molecule has 0 amide bonds. The first-order chi connectivity index (χ1) is 11.0. The number of aliphatic imine (C=N–C) groups is 1. The molecule has 0 saturated carbocycles. The normalized spacial score (nSPS) is 17.7. The third-order valence-electron chi connectivity index (χ3n) is 3.41. The molecule has 1 atom stereocenters. The van der Waals surface area contributed by atoms with E-state index >= 15 is 0 Å². The lowest BCUT2D eigenvalue weighted by atomic mass is 9.96. The van der Waals surface area contributed by atoms with Gasteiger partial charge in [-0.1, -0.05) is 23.9 Å². The standard InChI is InChI=1S/C17H22N2O3S/c1-10(2)22-16(20)14-11(3)18-17(23-5)19-15(14)12-6-8-13(21-4)9-7-12/h6-10,15H,1-5H3,(H,18,19)/t15-/m0/s1. The fourth-order valence-corrected chi connectivity index (χ4v) is 2.79. The zero-order chi connectivity index (χ0) is 17.0. The molecule has 124 valence electrons. The van der Waals surface area contributed by atoms with Gasteiger partial charge in [0.25, 0.3) is 0 Å². The third-order valence-corrected chi connectivity index (χ3v) is 4.00. The highest BCUT2D eigenvalue weighted by Gasteiger charge is 2.30. The van der Waals surface area contributed by atoms with Gasteiger partial charge in [-0.15, -0.1) is 0 Å². The van der Waals surface area contributed by atoms with Crippen molar-refractivity contribution in [3.8, 4) is 5.75 Å². The zero-order valence-electron chi connectivity index (χ0n) is 14.0. The monoisotopic (exact) mass is 334 g/mol. The number of nitrogens with one attached hydrogen (secondary N) is 1. The molecule has 0 aromatic heterocycles. The molecule has 1 aromatic rings. The van der Waals surface area contributed by atoms with E-state index in [0.717, 1.165) is 22.2 Å². The minimum atomic E-state index is -0.379. The Morgan fingerprint density at radius 2 is 1.96 bits per heavy atom. The molecule has 5 nitrogen and oxygen atoms in total. The van der Waals surface area contributed by atoms with Gasteiger partial charge in [-0.25, -0.2) is 9.79 Å². The van der Waals surface area contributed by atoms with Crippen molar-refractivity contribution < 1.29 is 14.3 Å². The first-order valence-corrected chi connectivity index (χ1v) is 8.63. The summed E-state index contributed by atoms with van der Waals surface area (Å²) in [5.74, 6) is 0.429. The van der Waals surface area contributed by atoms with Crippen LogP contribution in [-0.4, -0.2) is 30.6 Å². The molecule has 0 bridgehead atoms. The van der Waals surface area contributed by atoms with Gasteiger partial charge in [0.05, 0.1) is 18.8 Å². The Morgan fingerprint density at radius 1 is 1.30 bits per heavy atom. The predicted molar refractivity (Wildman–Crippen MR) is 93.7 cm³/mol. The van der Waals surface area contributed by atoms with Gasteiger partial charge in [-0.3, -0.25) is 0 Å². The SMILES string of the molecule is COc1ccc([C@@H]2N=C(SC)NC(C)=C2C(=O)OC(C)C)cc1. The molecule has 0 spiro atoms. The summed E-state index contributed by atoms with van der Waals surface area (Å²) in [5.41, 5.74) is 2.24. The summed E-state index contributed by atoms with van der Waals surface area (Å²) < 4.78 is 10.6. The number of carbonyl (C=O) groups is 1. The van der Waals surface area contributed by atoms with Gasteiger partial charge in [-0.2, -0.15) is 0 Å². The van der Waals surface area contributed by atoms with Gasteiger partial charge in [-0.05, 0) is 44.7 Å². The highest BCUT2D eigenvalue weighted by atomic mass is 32.2. The fraction of sp³-hybridized carbons (Fsp3) is 0.412. The molecule has 2 rings (SSSR count).